The summed E-state index contributed by atoms with van der Waals surface area (Å²) in [5.41, 5.74) is 10.6. The minimum atomic E-state index is -3.57. The molecule has 0 atom stereocenters. The van der Waals surface area contributed by atoms with Crippen LogP contribution in [-0.2, 0) is 19.7 Å². The summed E-state index contributed by atoms with van der Waals surface area (Å²) in [5.74, 6) is -0.876. The van der Waals surface area contributed by atoms with Gasteiger partial charge in [0.1, 0.15) is 0 Å². The summed E-state index contributed by atoms with van der Waals surface area (Å²) in [6, 6.07) is 7.83. The first-order chi connectivity index (χ1) is 12.5. The standard InChI is InChI=1S/C16H18ClN3O5S2/c1-3-27(24,25)15-7-4-10(17)8-14(15)19-20-16(21)12-9-11(26(2,22)23)5-6-13(12)18/h4-9,19H,3,18H2,1-2H3,(H,20,21). The van der Waals surface area contributed by atoms with Crippen LogP contribution in [0.5, 0.6) is 0 Å². The molecule has 27 heavy (non-hydrogen) atoms. The van der Waals surface area contributed by atoms with Crippen LogP contribution in [0.25, 0.3) is 0 Å². The molecular weight excluding hydrogens is 414 g/mol. The lowest BCUT2D eigenvalue weighted by atomic mass is 10.2. The number of nitrogens with two attached hydrogens (primary N) is 1. The van der Waals surface area contributed by atoms with Gasteiger partial charge in [0.25, 0.3) is 5.91 Å². The Morgan fingerprint density at radius 2 is 1.78 bits per heavy atom. The van der Waals surface area contributed by atoms with Crippen molar-refractivity contribution in [1.29, 1.82) is 0 Å². The van der Waals surface area contributed by atoms with E-state index >= 15 is 0 Å². The van der Waals surface area contributed by atoms with Gasteiger partial charge in [-0.05, 0) is 36.4 Å². The van der Waals surface area contributed by atoms with Crippen molar-refractivity contribution >= 4 is 48.6 Å². The SMILES string of the molecule is CCS(=O)(=O)c1ccc(Cl)cc1NNC(=O)c1cc(S(C)(=O)=O)ccc1N. The molecule has 0 spiro atoms. The molecule has 11 heteroatoms. The Hall–Kier alpha value is -2.30. The van der Waals surface area contributed by atoms with Gasteiger partial charge in [0.05, 0.1) is 26.8 Å². The van der Waals surface area contributed by atoms with Crippen LogP contribution in [0.15, 0.2) is 46.2 Å². The number of hydrogen-bond donors (Lipinski definition) is 3. The molecule has 2 rings (SSSR count). The van der Waals surface area contributed by atoms with E-state index in [0.717, 1.165) is 12.3 Å². The topological polar surface area (TPSA) is 135 Å². The fraction of sp³-hybridized carbons (Fsp3) is 0.188. The second-order valence-electron chi connectivity index (χ2n) is 5.64. The predicted octanol–water partition coefficient (Wildman–Crippen LogP) is 1.88. The van der Waals surface area contributed by atoms with Gasteiger partial charge in [-0.1, -0.05) is 18.5 Å². The summed E-state index contributed by atoms with van der Waals surface area (Å²) >= 11 is 5.90. The Kier molecular flexibility index (Phi) is 6.03. The van der Waals surface area contributed by atoms with Crippen molar-refractivity contribution in [2.75, 3.05) is 23.2 Å². The van der Waals surface area contributed by atoms with E-state index < -0.39 is 25.6 Å². The Labute approximate surface area is 162 Å². The maximum atomic E-state index is 12.4. The van der Waals surface area contributed by atoms with Crippen molar-refractivity contribution in [3.05, 3.63) is 47.0 Å². The number of amides is 1. The fourth-order valence-electron chi connectivity index (χ4n) is 2.18. The van der Waals surface area contributed by atoms with Crippen molar-refractivity contribution in [2.45, 2.75) is 16.7 Å². The van der Waals surface area contributed by atoms with Gasteiger partial charge in [-0.2, -0.15) is 0 Å². The molecule has 0 heterocycles. The van der Waals surface area contributed by atoms with Crippen molar-refractivity contribution in [3.63, 3.8) is 0 Å². The normalized spacial score (nSPS) is 11.8. The third-order valence-electron chi connectivity index (χ3n) is 3.66. The van der Waals surface area contributed by atoms with Crippen molar-refractivity contribution in [3.8, 4) is 0 Å². The Morgan fingerprint density at radius 3 is 2.37 bits per heavy atom. The molecule has 0 fully saturated rings. The molecule has 0 aliphatic carbocycles. The predicted molar refractivity (Wildman–Crippen MR) is 104 cm³/mol. The van der Waals surface area contributed by atoms with Crippen LogP contribution in [0.2, 0.25) is 5.02 Å². The number of carbonyl (C=O) groups is 1. The third-order valence-corrected chi connectivity index (χ3v) is 6.80. The van der Waals surface area contributed by atoms with Crippen LogP contribution in [0, 0.1) is 0 Å². The number of hydrazine groups is 1. The Balaban J connectivity index is 2.33. The molecule has 0 radical (unpaired) electrons. The lowest BCUT2D eigenvalue weighted by Gasteiger charge is -2.14. The fourth-order valence-corrected chi connectivity index (χ4v) is 4.03. The van der Waals surface area contributed by atoms with E-state index in [1.165, 1.54) is 37.3 Å². The van der Waals surface area contributed by atoms with E-state index in [-0.39, 0.29) is 37.5 Å². The number of sulfone groups is 2. The molecule has 0 aliphatic heterocycles. The number of nitrogen functional groups attached to an aromatic ring is 1. The molecule has 0 unspecified atom stereocenters. The van der Waals surface area contributed by atoms with Gasteiger partial charge in [0, 0.05) is 17.0 Å². The van der Waals surface area contributed by atoms with Crippen LogP contribution in [0.1, 0.15) is 17.3 Å². The monoisotopic (exact) mass is 431 g/mol. The maximum absolute atomic E-state index is 12.4. The van der Waals surface area contributed by atoms with Gasteiger partial charge in [0.15, 0.2) is 19.7 Å². The number of rotatable bonds is 6. The largest absolute Gasteiger partial charge is 0.398 e. The highest BCUT2D eigenvalue weighted by molar-refractivity contribution is 7.91. The van der Waals surface area contributed by atoms with E-state index in [1.54, 1.807) is 0 Å². The molecule has 8 nitrogen and oxygen atoms in total. The van der Waals surface area contributed by atoms with Gasteiger partial charge in [-0.25, -0.2) is 16.8 Å². The summed E-state index contributed by atoms with van der Waals surface area (Å²) in [7, 11) is -7.10. The smallest absolute Gasteiger partial charge is 0.271 e. The zero-order valence-electron chi connectivity index (χ0n) is 14.5. The number of nitrogens with one attached hydrogen (secondary N) is 2. The summed E-state index contributed by atoms with van der Waals surface area (Å²) < 4.78 is 47.7. The van der Waals surface area contributed by atoms with Gasteiger partial charge < -0.3 is 5.73 Å². The first kappa shape index (κ1) is 21.0. The molecule has 2 aromatic carbocycles. The Morgan fingerprint density at radius 1 is 1.11 bits per heavy atom. The lowest BCUT2D eigenvalue weighted by Crippen LogP contribution is -2.31. The summed E-state index contributed by atoms with van der Waals surface area (Å²) in [6.07, 6.45) is 1.01. The average molecular weight is 432 g/mol. The summed E-state index contributed by atoms with van der Waals surface area (Å²) in [5, 5.41) is 0.264. The molecule has 146 valence electrons. The first-order valence-corrected chi connectivity index (χ1v) is 11.6. The zero-order chi connectivity index (χ0) is 20.4. The highest BCUT2D eigenvalue weighted by atomic mass is 35.5. The molecule has 0 saturated carbocycles. The van der Waals surface area contributed by atoms with E-state index in [0.29, 0.717) is 0 Å². The van der Waals surface area contributed by atoms with Gasteiger partial charge >= 0.3 is 0 Å². The van der Waals surface area contributed by atoms with E-state index in [4.69, 9.17) is 17.3 Å². The molecule has 4 N–H and O–H groups in total. The van der Waals surface area contributed by atoms with Crippen molar-refractivity contribution in [2.24, 2.45) is 0 Å². The molecule has 0 bridgehead atoms. The van der Waals surface area contributed by atoms with Crippen LogP contribution < -0.4 is 16.6 Å². The second-order valence-corrected chi connectivity index (χ2v) is 10.3. The van der Waals surface area contributed by atoms with Gasteiger partial charge in [-0.3, -0.25) is 15.6 Å². The number of benzene rings is 2. The van der Waals surface area contributed by atoms with E-state index in [1.807, 2.05) is 0 Å². The molecule has 0 aromatic heterocycles. The number of carbonyl (C=O) groups excluding carboxylic acids is 1. The second kappa shape index (κ2) is 7.75. The first-order valence-electron chi connectivity index (χ1n) is 7.64. The highest BCUT2D eigenvalue weighted by Gasteiger charge is 2.19. The minimum absolute atomic E-state index is 0.0347. The van der Waals surface area contributed by atoms with Crippen LogP contribution in [-0.4, -0.2) is 34.8 Å². The Bertz CT molecular complexity index is 1100. The van der Waals surface area contributed by atoms with Gasteiger partial charge in [0.2, 0.25) is 0 Å². The van der Waals surface area contributed by atoms with Crippen LogP contribution in [0.4, 0.5) is 11.4 Å². The molecule has 0 aliphatic rings. The number of anilines is 2. The van der Waals surface area contributed by atoms with E-state index in [9.17, 15) is 21.6 Å². The quantitative estimate of drug-likeness (QED) is 0.469. The number of halogens is 1. The number of hydrogen-bond acceptors (Lipinski definition) is 7. The average Bonchev–Trinajstić information content (AvgIpc) is 2.58. The minimum Gasteiger partial charge on any atom is -0.398 e. The molecular formula is C16H18ClN3O5S2. The molecule has 1 amide bonds. The van der Waals surface area contributed by atoms with Gasteiger partial charge in [-0.15, -0.1) is 0 Å². The van der Waals surface area contributed by atoms with Crippen LogP contribution in [0.3, 0.4) is 0 Å². The molecule has 2 aromatic rings. The van der Waals surface area contributed by atoms with Crippen molar-refractivity contribution < 1.29 is 21.6 Å². The third kappa shape index (κ3) is 4.90. The maximum Gasteiger partial charge on any atom is 0.271 e. The summed E-state index contributed by atoms with van der Waals surface area (Å²) in [6.45, 7) is 1.49. The van der Waals surface area contributed by atoms with Crippen molar-refractivity contribution in [1.82, 2.24) is 5.43 Å². The van der Waals surface area contributed by atoms with Crippen LogP contribution >= 0.6 is 11.6 Å². The molecule has 0 saturated heterocycles. The van der Waals surface area contributed by atoms with E-state index in [2.05, 4.69) is 10.9 Å². The zero-order valence-corrected chi connectivity index (χ0v) is 16.9. The summed E-state index contributed by atoms with van der Waals surface area (Å²) in [4.78, 5) is 12.3. The highest BCUT2D eigenvalue weighted by Crippen LogP contribution is 2.26. The lowest BCUT2D eigenvalue weighted by molar-refractivity contribution is 0.0963.